The Bertz CT molecular complexity index is 712. The second-order valence-electron chi connectivity index (χ2n) is 4.53. The van der Waals surface area contributed by atoms with Gasteiger partial charge in [0.2, 0.25) is 5.91 Å². The molecule has 3 N–H and O–H groups in total. The highest BCUT2D eigenvalue weighted by atomic mass is 16.1. The molecule has 96 valence electrons. The fraction of sp³-hybridized carbons (Fsp3) is 0.143. The minimum Gasteiger partial charge on any atom is -0.359 e. The maximum atomic E-state index is 12.0. The Kier molecular flexibility index (Phi) is 2.79. The summed E-state index contributed by atoms with van der Waals surface area (Å²) in [6, 6.07) is 9.64. The lowest BCUT2D eigenvalue weighted by atomic mass is 10.2. The summed E-state index contributed by atoms with van der Waals surface area (Å²) in [6.45, 7) is 2.00. The highest BCUT2D eigenvalue weighted by Crippen LogP contribution is 2.24. The van der Waals surface area contributed by atoms with Crippen molar-refractivity contribution in [3.8, 4) is 0 Å². The lowest BCUT2D eigenvalue weighted by molar-refractivity contribution is -0.115. The molecule has 0 aliphatic heterocycles. The SMILES string of the molecule is Cc1cc2c(NC(=O)Cc3ccn[nH]3)cccc2[nH]1. The summed E-state index contributed by atoms with van der Waals surface area (Å²) < 4.78 is 0. The van der Waals surface area contributed by atoms with Gasteiger partial charge in [-0.1, -0.05) is 6.07 Å². The van der Waals surface area contributed by atoms with Gasteiger partial charge in [-0.3, -0.25) is 9.89 Å². The van der Waals surface area contributed by atoms with Gasteiger partial charge in [0.1, 0.15) is 0 Å². The van der Waals surface area contributed by atoms with E-state index in [0.717, 1.165) is 28.0 Å². The summed E-state index contributed by atoms with van der Waals surface area (Å²) in [5.41, 5.74) is 3.73. The number of H-pyrrole nitrogens is 2. The molecule has 0 radical (unpaired) electrons. The molecule has 2 aromatic heterocycles. The van der Waals surface area contributed by atoms with E-state index in [1.54, 1.807) is 12.3 Å². The number of amides is 1. The van der Waals surface area contributed by atoms with Crippen LogP contribution in [0.5, 0.6) is 0 Å². The van der Waals surface area contributed by atoms with Crippen molar-refractivity contribution < 1.29 is 4.79 Å². The van der Waals surface area contributed by atoms with Gasteiger partial charge in [-0.15, -0.1) is 0 Å². The first-order valence-electron chi connectivity index (χ1n) is 6.09. The van der Waals surface area contributed by atoms with Crippen LogP contribution >= 0.6 is 0 Å². The number of anilines is 1. The van der Waals surface area contributed by atoms with Crippen LogP contribution in [0.25, 0.3) is 10.9 Å². The van der Waals surface area contributed by atoms with E-state index in [9.17, 15) is 4.79 Å². The van der Waals surface area contributed by atoms with Gasteiger partial charge in [-0.05, 0) is 31.2 Å². The average Bonchev–Trinajstić information content (AvgIpc) is 2.97. The number of nitrogens with zero attached hydrogens (tertiary/aromatic N) is 1. The molecule has 3 aromatic rings. The van der Waals surface area contributed by atoms with Gasteiger partial charge in [-0.25, -0.2) is 0 Å². The predicted molar refractivity (Wildman–Crippen MR) is 74.0 cm³/mol. The maximum Gasteiger partial charge on any atom is 0.230 e. The van der Waals surface area contributed by atoms with Crippen molar-refractivity contribution >= 4 is 22.5 Å². The maximum absolute atomic E-state index is 12.0. The van der Waals surface area contributed by atoms with Crippen LogP contribution in [0, 0.1) is 6.92 Å². The largest absolute Gasteiger partial charge is 0.359 e. The number of hydrogen-bond donors (Lipinski definition) is 3. The third-order valence-corrected chi connectivity index (χ3v) is 2.98. The Labute approximate surface area is 110 Å². The molecule has 2 heterocycles. The number of carbonyl (C=O) groups excluding carboxylic acids is 1. The Hall–Kier alpha value is -2.56. The molecule has 0 atom stereocenters. The molecule has 3 rings (SSSR count). The smallest absolute Gasteiger partial charge is 0.230 e. The van der Waals surface area contributed by atoms with Gasteiger partial charge in [0, 0.05) is 28.5 Å². The first-order chi connectivity index (χ1) is 9.22. The zero-order valence-electron chi connectivity index (χ0n) is 10.5. The van der Waals surface area contributed by atoms with E-state index in [-0.39, 0.29) is 5.91 Å². The van der Waals surface area contributed by atoms with Crippen molar-refractivity contribution in [3.63, 3.8) is 0 Å². The Balaban J connectivity index is 1.83. The standard InChI is InChI=1S/C14H14N4O/c1-9-7-11-12(16-9)3-2-4-13(11)17-14(19)8-10-5-6-15-18-10/h2-7,16H,8H2,1H3,(H,15,18)(H,17,19). The molecule has 0 bridgehead atoms. The molecule has 0 fully saturated rings. The van der Waals surface area contributed by atoms with Crippen LogP contribution in [0.2, 0.25) is 0 Å². The van der Waals surface area contributed by atoms with E-state index in [1.807, 2.05) is 31.2 Å². The number of fused-ring (bicyclic) bond motifs is 1. The summed E-state index contributed by atoms with van der Waals surface area (Å²) in [5.74, 6) is -0.0596. The summed E-state index contributed by atoms with van der Waals surface area (Å²) in [5, 5.41) is 10.6. The van der Waals surface area contributed by atoms with Gasteiger partial charge in [-0.2, -0.15) is 5.10 Å². The topological polar surface area (TPSA) is 73.6 Å². The second kappa shape index (κ2) is 4.61. The molecule has 5 heteroatoms. The summed E-state index contributed by atoms with van der Waals surface area (Å²) >= 11 is 0. The van der Waals surface area contributed by atoms with Crippen LogP contribution in [0.1, 0.15) is 11.4 Å². The van der Waals surface area contributed by atoms with Crippen LogP contribution in [0.3, 0.4) is 0 Å². The molecule has 0 aliphatic carbocycles. The number of hydrogen-bond acceptors (Lipinski definition) is 2. The third-order valence-electron chi connectivity index (χ3n) is 2.98. The molecular weight excluding hydrogens is 240 g/mol. The Morgan fingerprint density at radius 3 is 3.05 bits per heavy atom. The third kappa shape index (κ3) is 2.35. The van der Waals surface area contributed by atoms with E-state index in [2.05, 4.69) is 20.5 Å². The highest BCUT2D eigenvalue weighted by Gasteiger charge is 2.08. The minimum absolute atomic E-state index is 0.0596. The van der Waals surface area contributed by atoms with Crippen molar-refractivity contribution in [2.24, 2.45) is 0 Å². The first kappa shape index (κ1) is 11.5. The lowest BCUT2D eigenvalue weighted by Gasteiger charge is -2.05. The van der Waals surface area contributed by atoms with E-state index in [4.69, 9.17) is 0 Å². The molecule has 1 aromatic carbocycles. The second-order valence-corrected chi connectivity index (χ2v) is 4.53. The quantitative estimate of drug-likeness (QED) is 0.671. The molecular formula is C14H14N4O. The van der Waals surface area contributed by atoms with E-state index in [1.165, 1.54) is 0 Å². The molecule has 0 aliphatic rings. The molecule has 0 saturated carbocycles. The van der Waals surface area contributed by atoms with Gasteiger partial charge < -0.3 is 10.3 Å². The van der Waals surface area contributed by atoms with E-state index >= 15 is 0 Å². The van der Waals surface area contributed by atoms with Gasteiger partial charge in [0.15, 0.2) is 0 Å². The number of carbonyl (C=O) groups is 1. The normalized spacial score (nSPS) is 10.8. The van der Waals surface area contributed by atoms with Crippen LogP contribution in [0.4, 0.5) is 5.69 Å². The molecule has 0 spiro atoms. The number of rotatable bonds is 3. The van der Waals surface area contributed by atoms with Crippen LogP contribution in [-0.2, 0) is 11.2 Å². The Morgan fingerprint density at radius 1 is 1.37 bits per heavy atom. The number of nitrogens with one attached hydrogen (secondary N) is 3. The van der Waals surface area contributed by atoms with Gasteiger partial charge >= 0.3 is 0 Å². The minimum atomic E-state index is -0.0596. The molecule has 1 amide bonds. The summed E-state index contributed by atoms with van der Waals surface area (Å²) in [7, 11) is 0. The van der Waals surface area contributed by atoms with Crippen LogP contribution < -0.4 is 5.32 Å². The highest BCUT2D eigenvalue weighted by molar-refractivity contribution is 6.02. The van der Waals surface area contributed by atoms with Crippen molar-refractivity contribution in [3.05, 3.63) is 47.9 Å². The van der Waals surface area contributed by atoms with Crippen LogP contribution in [-0.4, -0.2) is 21.1 Å². The summed E-state index contributed by atoms with van der Waals surface area (Å²) in [6.07, 6.45) is 1.93. The number of aryl methyl sites for hydroxylation is 1. The average molecular weight is 254 g/mol. The number of aromatic amines is 2. The summed E-state index contributed by atoms with van der Waals surface area (Å²) in [4.78, 5) is 15.2. The van der Waals surface area contributed by atoms with Gasteiger partial charge in [0.05, 0.1) is 12.1 Å². The fourth-order valence-electron chi connectivity index (χ4n) is 2.15. The number of aromatic nitrogens is 3. The Morgan fingerprint density at radius 2 is 2.26 bits per heavy atom. The predicted octanol–water partition coefficient (Wildman–Crippen LogP) is 2.38. The van der Waals surface area contributed by atoms with Crippen molar-refractivity contribution in [1.29, 1.82) is 0 Å². The van der Waals surface area contributed by atoms with Crippen molar-refractivity contribution in [1.82, 2.24) is 15.2 Å². The molecule has 0 saturated heterocycles. The van der Waals surface area contributed by atoms with E-state index < -0.39 is 0 Å². The fourth-order valence-corrected chi connectivity index (χ4v) is 2.15. The first-order valence-corrected chi connectivity index (χ1v) is 6.09. The van der Waals surface area contributed by atoms with E-state index in [0.29, 0.717) is 6.42 Å². The monoisotopic (exact) mass is 254 g/mol. The van der Waals surface area contributed by atoms with Gasteiger partial charge in [0.25, 0.3) is 0 Å². The lowest BCUT2D eigenvalue weighted by Crippen LogP contribution is -2.14. The number of benzene rings is 1. The zero-order chi connectivity index (χ0) is 13.2. The molecule has 0 unspecified atom stereocenters. The van der Waals surface area contributed by atoms with Crippen LogP contribution in [0.15, 0.2) is 36.5 Å². The zero-order valence-corrected chi connectivity index (χ0v) is 10.5. The van der Waals surface area contributed by atoms with Crippen molar-refractivity contribution in [2.45, 2.75) is 13.3 Å². The molecule has 5 nitrogen and oxygen atoms in total. The van der Waals surface area contributed by atoms with Crippen molar-refractivity contribution in [2.75, 3.05) is 5.32 Å². The molecule has 19 heavy (non-hydrogen) atoms.